The standard InChI is InChI=1S/C18H31N/c1-5-9-11-12-14-18(13-10-6-2)17(7-3)15-16-19-8-4/h7-8,15-16,18H,3-6,9-14H2,1-2H3/b17-15+,19-16-. The summed E-state index contributed by atoms with van der Waals surface area (Å²) in [6.45, 7) is 12.1. The number of unbranched alkanes of at least 4 members (excludes halogenated alkanes) is 4. The normalized spacial score (nSPS) is 13.7. The second-order valence-corrected chi connectivity index (χ2v) is 5.04. The van der Waals surface area contributed by atoms with Crippen molar-refractivity contribution in [2.24, 2.45) is 10.9 Å². The molecule has 1 atom stereocenters. The largest absolute Gasteiger partial charge is 0.265 e. The van der Waals surface area contributed by atoms with Crippen molar-refractivity contribution in [2.75, 3.05) is 0 Å². The highest BCUT2D eigenvalue weighted by atomic mass is 14.6. The van der Waals surface area contributed by atoms with E-state index in [0.29, 0.717) is 5.92 Å². The molecule has 0 aromatic heterocycles. The van der Waals surface area contributed by atoms with Gasteiger partial charge in [0, 0.05) is 12.4 Å². The van der Waals surface area contributed by atoms with Crippen LogP contribution in [0.5, 0.6) is 0 Å². The third-order valence-electron chi connectivity index (χ3n) is 3.48. The van der Waals surface area contributed by atoms with Crippen molar-refractivity contribution in [2.45, 2.75) is 65.2 Å². The Labute approximate surface area is 120 Å². The lowest BCUT2D eigenvalue weighted by Gasteiger charge is -2.17. The maximum atomic E-state index is 4.05. The van der Waals surface area contributed by atoms with Crippen LogP contribution >= 0.6 is 0 Å². The Morgan fingerprint density at radius 2 is 1.68 bits per heavy atom. The molecule has 1 unspecified atom stereocenters. The van der Waals surface area contributed by atoms with Crippen LogP contribution in [-0.2, 0) is 0 Å². The number of hydrogen-bond donors (Lipinski definition) is 0. The molecule has 1 heteroatoms. The lowest BCUT2D eigenvalue weighted by Crippen LogP contribution is -2.04. The highest BCUT2D eigenvalue weighted by molar-refractivity contribution is 5.73. The monoisotopic (exact) mass is 261 g/mol. The van der Waals surface area contributed by atoms with E-state index in [-0.39, 0.29) is 0 Å². The first-order valence-electron chi connectivity index (χ1n) is 7.76. The van der Waals surface area contributed by atoms with E-state index < -0.39 is 0 Å². The van der Waals surface area contributed by atoms with Crippen molar-refractivity contribution in [1.29, 1.82) is 0 Å². The SMILES string of the molecule is C=C/N=C\C=C(/C=C)C(CCCC)CCCCCC. The van der Waals surface area contributed by atoms with Gasteiger partial charge in [0.05, 0.1) is 0 Å². The van der Waals surface area contributed by atoms with Gasteiger partial charge in [-0.05, 0) is 30.4 Å². The Hall–Kier alpha value is -1.11. The summed E-state index contributed by atoms with van der Waals surface area (Å²) < 4.78 is 0. The smallest absolute Gasteiger partial charge is 0.0270 e. The van der Waals surface area contributed by atoms with E-state index in [2.05, 4.69) is 38.1 Å². The summed E-state index contributed by atoms with van der Waals surface area (Å²) in [6.07, 6.45) is 17.9. The van der Waals surface area contributed by atoms with Gasteiger partial charge < -0.3 is 0 Å². The Bertz CT molecular complexity index is 286. The Balaban J connectivity index is 4.48. The van der Waals surface area contributed by atoms with Crippen LogP contribution in [0.3, 0.4) is 0 Å². The maximum absolute atomic E-state index is 4.05. The summed E-state index contributed by atoms with van der Waals surface area (Å²) in [5.41, 5.74) is 1.33. The lowest BCUT2D eigenvalue weighted by molar-refractivity contribution is 0.471. The molecule has 0 aromatic carbocycles. The number of allylic oxidation sites excluding steroid dienone is 3. The van der Waals surface area contributed by atoms with Gasteiger partial charge in [0.15, 0.2) is 0 Å². The van der Waals surface area contributed by atoms with E-state index in [1.165, 1.54) is 56.9 Å². The zero-order chi connectivity index (χ0) is 14.3. The van der Waals surface area contributed by atoms with Crippen LogP contribution in [0, 0.1) is 5.92 Å². The minimum Gasteiger partial charge on any atom is -0.265 e. The van der Waals surface area contributed by atoms with Gasteiger partial charge in [0.1, 0.15) is 0 Å². The minimum absolute atomic E-state index is 0.644. The molecular weight excluding hydrogens is 230 g/mol. The fourth-order valence-electron chi connectivity index (χ4n) is 2.31. The molecule has 0 aromatic rings. The summed E-state index contributed by atoms with van der Waals surface area (Å²) in [5.74, 6) is 0.644. The van der Waals surface area contributed by atoms with Crippen LogP contribution in [0.15, 0.2) is 42.1 Å². The van der Waals surface area contributed by atoms with Gasteiger partial charge in [0.2, 0.25) is 0 Å². The van der Waals surface area contributed by atoms with Crippen molar-refractivity contribution in [3.05, 3.63) is 37.1 Å². The lowest BCUT2D eigenvalue weighted by atomic mass is 9.88. The molecule has 0 amide bonds. The molecule has 0 spiro atoms. The van der Waals surface area contributed by atoms with Crippen molar-refractivity contribution in [3.8, 4) is 0 Å². The van der Waals surface area contributed by atoms with Crippen molar-refractivity contribution < 1.29 is 0 Å². The van der Waals surface area contributed by atoms with E-state index in [0.717, 1.165) is 0 Å². The van der Waals surface area contributed by atoms with Gasteiger partial charge in [-0.3, -0.25) is 4.99 Å². The second kappa shape index (κ2) is 13.3. The minimum atomic E-state index is 0.644. The molecule has 0 heterocycles. The van der Waals surface area contributed by atoms with Gasteiger partial charge in [0.25, 0.3) is 0 Å². The molecule has 108 valence electrons. The van der Waals surface area contributed by atoms with Crippen LogP contribution < -0.4 is 0 Å². The van der Waals surface area contributed by atoms with Gasteiger partial charge in [-0.2, -0.15) is 0 Å². The molecule has 0 N–H and O–H groups in total. The Morgan fingerprint density at radius 3 is 2.26 bits per heavy atom. The fraction of sp³-hybridized carbons (Fsp3) is 0.611. The quantitative estimate of drug-likeness (QED) is 0.229. The highest BCUT2D eigenvalue weighted by Crippen LogP contribution is 2.25. The molecule has 0 rings (SSSR count). The summed E-state index contributed by atoms with van der Waals surface area (Å²) in [5, 5.41) is 0. The number of rotatable bonds is 12. The van der Waals surface area contributed by atoms with E-state index >= 15 is 0 Å². The summed E-state index contributed by atoms with van der Waals surface area (Å²) in [7, 11) is 0. The van der Waals surface area contributed by atoms with Crippen LogP contribution in [0.2, 0.25) is 0 Å². The first kappa shape index (κ1) is 17.9. The van der Waals surface area contributed by atoms with Crippen LogP contribution in [0.25, 0.3) is 0 Å². The molecule has 0 aliphatic rings. The van der Waals surface area contributed by atoms with E-state index in [1.807, 2.05) is 12.3 Å². The van der Waals surface area contributed by atoms with Crippen LogP contribution in [0.4, 0.5) is 0 Å². The van der Waals surface area contributed by atoms with Crippen molar-refractivity contribution >= 4 is 6.21 Å². The first-order valence-corrected chi connectivity index (χ1v) is 7.76. The highest BCUT2D eigenvalue weighted by Gasteiger charge is 2.10. The second-order valence-electron chi connectivity index (χ2n) is 5.04. The van der Waals surface area contributed by atoms with Gasteiger partial charge >= 0.3 is 0 Å². The summed E-state index contributed by atoms with van der Waals surface area (Å²) in [6, 6.07) is 0. The summed E-state index contributed by atoms with van der Waals surface area (Å²) >= 11 is 0. The van der Waals surface area contributed by atoms with Gasteiger partial charge in [-0.25, -0.2) is 0 Å². The van der Waals surface area contributed by atoms with Crippen molar-refractivity contribution in [1.82, 2.24) is 0 Å². The average molecular weight is 261 g/mol. The number of hydrogen-bond acceptors (Lipinski definition) is 1. The zero-order valence-electron chi connectivity index (χ0n) is 12.9. The summed E-state index contributed by atoms with van der Waals surface area (Å²) in [4.78, 5) is 4.05. The number of aliphatic imine (C=N–C) groups is 1. The topological polar surface area (TPSA) is 12.4 Å². The molecule has 19 heavy (non-hydrogen) atoms. The average Bonchev–Trinajstić information content (AvgIpc) is 2.44. The number of nitrogens with zero attached hydrogens (tertiary/aromatic N) is 1. The van der Waals surface area contributed by atoms with Gasteiger partial charge in [-0.1, -0.05) is 71.6 Å². The molecule has 0 aliphatic carbocycles. The maximum Gasteiger partial charge on any atom is 0.0270 e. The predicted octanol–water partition coefficient (Wildman–Crippen LogP) is 6.09. The molecule has 1 nitrogen and oxygen atoms in total. The molecular formula is C18H31N. The zero-order valence-corrected chi connectivity index (χ0v) is 12.9. The van der Waals surface area contributed by atoms with E-state index in [9.17, 15) is 0 Å². The molecule has 0 fully saturated rings. The van der Waals surface area contributed by atoms with Gasteiger partial charge in [-0.15, -0.1) is 0 Å². The molecule has 0 radical (unpaired) electrons. The van der Waals surface area contributed by atoms with Crippen molar-refractivity contribution in [3.63, 3.8) is 0 Å². The Morgan fingerprint density at radius 1 is 1.00 bits per heavy atom. The molecule has 0 saturated carbocycles. The first-order chi connectivity index (χ1) is 9.29. The predicted molar refractivity (Wildman–Crippen MR) is 88.7 cm³/mol. The van der Waals surface area contributed by atoms with Crippen LogP contribution in [-0.4, -0.2) is 6.21 Å². The van der Waals surface area contributed by atoms with E-state index in [4.69, 9.17) is 0 Å². The third-order valence-corrected chi connectivity index (χ3v) is 3.48. The third kappa shape index (κ3) is 9.47. The Kier molecular flexibility index (Phi) is 12.5. The molecule has 0 aliphatic heterocycles. The molecule has 0 saturated heterocycles. The molecule has 0 bridgehead atoms. The fourth-order valence-corrected chi connectivity index (χ4v) is 2.31. The van der Waals surface area contributed by atoms with Crippen LogP contribution in [0.1, 0.15) is 65.2 Å². The van der Waals surface area contributed by atoms with E-state index in [1.54, 1.807) is 6.20 Å².